The van der Waals surface area contributed by atoms with Crippen molar-refractivity contribution in [2.45, 2.75) is 314 Å². The van der Waals surface area contributed by atoms with Crippen molar-refractivity contribution in [3.8, 4) is 0 Å². The Kier molecular flexibility index (Phi) is 26.2. The van der Waals surface area contributed by atoms with E-state index >= 15 is 0 Å². The van der Waals surface area contributed by atoms with Gasteiger partial charge in [-0.25, -0.2) is 9.97 Å². The van der Waals surface area contributed by atoms with Crippen molar-refractivity contribution in [1.82, 2.24) is 29.9 Å². The van der Waals surface area contributed by atoms with Crippen LogP contribution in [0.25, 0.3) is 0 Å². The van der Waals surface area contributed by atoms with Crippen molar-refractivity contribution in [3.05, 3.63) is 178 Å². The van der Waals surface area contributed by atoms with Gasteiger partial charge < -0.3 is 0 Å². The molecule has 1 aromatic carbocycles. The normalized spacial score (nSPS) is 19.9. The number of benzene rings is 1. The van der Waals surface area contributed by atoms with Gasteiger partial charge in [0.2, 0.25) is 0 Å². The molecule has 6 heteroatoms. The highest BCUT2D eigenvalue weighted by Crippen LogP contribution is 2.59. The highest BCUT2D eigenvalue weighted by molar-refractivity contribution is 5.54. The van der Waals surface area contributed by atoms with Crippen molar-refractivity contribution < 1.29 is 0 Å². The first-order valence-corrected chi connectivity index (χ1v) is 32.6. The molecule has 468 valence electrons. The van der Waals surface area contributed by atoms with Crippen LogP contribution in [0.3, 0.4) is 0 Å². The lowest BCUT2D eigenvalue weighted by Crippen LogP contribution is -2.51. The predicted molar refractivity (Wildman–Crippen MR) is 370 cm³/mol. The van der Waals surface area contributed by atoms with Gasteiger partial charge in [-0.15, -0.1) is 0 Å². The number of rotatable bonds is 0. The molecule has 6 aliphatic rings. The summed E-state index contributed by atoms with van der Waals surface area (Å²) in [4.78, 5) is 25.5. The maximum Gasteiger partial charge on any atom is 0.115 e. The molecule has 0 radical (unpaired) electrons. The molecule has 0 spiro atoms. The number of pyridine rings is 4. The summed E-state index contributed by atoms with van der Waals surface area (Å²) in [6, 6.07) is 21.5. The summed E-state index contributed by atoms with van der Waals surface area (Å²) in [5.74, 6) is 0. The molecule has 0 saturated heterocycles. The van der Waals surface area contributed by atoms with Gasteiger partial charge in [0, 0.05) is 86.7 Å². The molecule has 0 fully saturated rings. The summed E-state index contributed by atoms with van der Waals surface area (Å²) in [7, 11) is 0. The Morgan fingerprint density at radius 3 is 0.702 bits per heavy atom. The highest BCUT2D eigenvalue weighted by atomic mass is 14.9. The molecule has 0 saturated carbocycles. The van der Waals surface area contributed by atoms with Crippen LogP contribution in [-0.2, 0) is 65.0 Å². The first-order chi connectivity index (χ1) is 38.9. The second-order valence-corrected chi connectivity index (χ2v) is 28.0. The lowest BCUT2D eigenvalue weighted by Gasteiger charge is -2.54. The van der Waals surface area contributed by atoms with Crippen LogP contribution in [0.4, 0.5) is 0 Å². The minimum absolute atomic E-state index is 0.200. The van der Waals surface area contributed by atoms with Crippen LogP contribution in [0.5, 0.6) is 0 Å². The van der Waals surface area contributed by atoms with Crippen LogP contribution >= 0.6 is 0 Å². The van der Waals surface area contributed by atoms with E-state index in [1.807, 2.05) is 139 Å². The van der Waals surface area contributed by atoms with E-state index < -0.39 is 0 Å². The molecule has 0 atom stereocenters. The second kappa shape index (κ2) is 28.6. The third-order valence-electron chi connectivity index (χ3n) is 22.1. The number of fused-ring (bicyclic) bond motifs is 6. The van der Waals surface area contributed by atoms with Gasteiger partial charge in [-0.2, -0.15) is 0 Å². The molecule has 0 aliphatic heterocycles. The van der Waals surface area contributed by atoms with Crippen LogP contribution in [0.15, 0.2) is 110 Å². The first-order valence-electron chi connectivity index (χ1n) is 32.6. The topological polar surface area (TPSA) is 77.3 Å². The number of aromatic nitrogens is 6. The summed E-state index contributed by atoms with van der Waals surface area (Å²) in [6.45, 7) is 78.9. The fourth-order valence-electron chi connectivity index (χ4n) is 12.1. The zero-order valence-corrected chi connectivity index (χ0v) is 61.1. The first kappa shape index (κ1) is 76.9. The van der Waals surface area contributed by atoms with Crippen LogP contribution in [-0.4, -0.2) is 29.9 Å². The van der Waals surface area contributed by atoms with Crippen LogP contribution in [0.1, 0.15) is 316 Å². The molecule has 12 rings (SSSR count). The summed E-state index contributed by atoms with van der Waals surface area (Å²) in [5.41, 5.74) is 20.1. The van der Waals surface area contributed by atoms with E-state index in [0.717, 1.165) is 0 Å². The van der Waals surface area contributed by atoms with E-state index in [9.17, 15) is 0 Å². The molecular formula is C78H126N6. The van der Waals surface area contributed by atoms with E-state index in [0.29, 0.717) is 21.7 Å². The molecular weight excluding hydrogens is 1020 g/mol. The molecule has 0 N–H and O–H groups in total. The molecule has 0 unspecified atom stereocenters. The quantitative estimate of drug-likeness (QED) is 0.151. The summed E-state index contributed by atoms with van der Waals surface area (Å²) >= 11 is 0. The molecule has 6 nitrogen and oxygen atoms in total. The third kappa shape index (κ3) is 12.7. The average Bonchev–Trinajstić information content (AvgIpc) is 3.64. The lowest BCUT2D eigenvalue weighted by atomic mass is 9.50. The Balaban J connectivity index is 0.000000486. The average molecular weight is 1150 g/mol. The van der Waals surface area contributed by atoms with Crippen molar-refractivity contribution >= 4 is 0 Å². The highest BCUT2D eigenvalue weighted by Gasteiger charge is 2.56. The Bertz CT molecular complexity index is 2270. The molecule has 5 aromatic heterocycles. The zero-order valence-electron chi connectivity index (χ0n) is 61.1. The molecule has 0 amide bonds. The van der Waals surface area contributed by atoms with Crippen LogP contribution in [0.2, 0.25) is 0 Å². The molecule has 84 heavy (non-hydrogen) atoms. The fourth-order valence-corrected chi connectivity index (χ4v) is 12.1. The molecule has 5 heterocycles. The van der Waals surface area contributed by atoms with E-state index in [1.165, 1.54) is 67.2 Å². The maximum atomic E-state index is 4.41. The van der Waals surface area contributed by atoms with E-state index in [2.05, 4.69) is 245 Å². The van der Waals surface area contributed by atoms with Crippen molar-refractivity contribution in [3.63, 3.8) is 0 Å². The predicted octanol–water partition coefficient (Wildman–Crippen LogP) is 22.1. The lowest BCUT2D eigenvalue weighted by molar-refractivity contribution is 0.230. The molecule has 6 aromatic rings. The van der Waals surface area contributed by atoms with E-state index in [-0.39, 0.29) is 43.3 Å². The minimum atomic E-state index is 0.200. The minimum Gasteiger partial charge on any atom is -0.264 e. The SMILES string of the molecule is CC.CC.CC.CC.CC.CC.CC1(C)c2ccccc2C1(C)C.CC1(C)c2cccnc2C1(C)C.CC1(C)c2cccnc2C1(C)C.CC1(C)c2ccncc2C1(C)C.CC1(C)c2ccncc2C1(C)C.CC1(C)c2cncnc2C1(C)C. The van der Waals surface area contributed by atoms with Gasteiger partial charge in [0.1, 0.15) is 6.33 Å². The van der Waals surface area contributed by atoms with Crippen molar-refractivity contribution in [2.24, 2.45) is 0 Å². The van der Waals surface area contributed by atoms with Gasteiger partial charge in [-0.05, 0) is 96.0 Å². The second-order valence-electron chi connectivity index (χ2n) is 28.0. The van der Waals surface area contributed by atoms with Crippen LogP contribution < -0.4 is 0 Å². The van der Waals surface area contributed by atoms with Crippen molar-refractivity contribution in [2.75, 3.05) is 0 Å². The van der Waals surface area contributed by atoms with E-state index in [4.69, 9.17) is 0 Å². The third-order valence-corrected chi connectivity index (χ3v) is 22.1. The maximum absolute atomic E-state index is 4.41. The van der Waals surface area contributed by atoms with Gasteiger partial charge in [-0.3, -0.25) is 19.9 Å². The van der Waals surface area contributed by atoms with Gasteiger partial charge in [0.25, 0.3) is 0 Å². The Morgan fingerprint density at radius 1 is 0.202 bits per heavy atom. The Hall–Kier alpha value is -5.10. The standard InChI is InChI=1S/C12H16.4C11H15N.C10H14N2.6C2H6/c1-11(2)9-7-5-6-8-10(9)12(11,3)4;2*1-10(2)8-5-6-12-7-9(8)11(10,3)4;2*1-10(2)8-6-5-7-12-9(8)11(10,3)4;1-9(2)7-5-11-6-12-8(7)10(9,3)4;6*1-2/h5-8H,1-4H3;4*5-7H,1-4H3;5-6H,1-4H3;6*1-2H3. The monoisotopic (exact) mass is 1150 g/mol. The number of hydrogen-bond donors (Lipinski definition) is 0. The Morgan fingerprint density at radius 2 is 0.429 bits per heavy atom. The number of nitrogens with zero attached hydrogens (tertiary/aromatic N) is 6. The van der Waals surface area contributed by atoms with E-state index in [1.54, 1.807) is 6.33 Å². The van der Waals surface area contributed by atoms with Gasteiger partial charge in [0.15, 0.2) is 0 Å². The van der Waals surface area contributed by atoms with Gasteiger partial charge in [-0.1, -0.05) is 286 Å². The largest absolute Gasteiger partial charge is 0.264 e. The van der Waals surface area contributed by atoms with Crippen LogP contribution in [0, 0.1) is 0 Å². The zero-order chi connectivity index (χ0) is 65.9. The summed E-state index contributed by atoms with van der Waals surface area (Å²) in [6.07, 6.45) is 15.1. The fraction of sp³-hybridized carbons (Fsp3) is 0.615. The molecule has 6 aliphatic carbocycles. The summed E-state index contributed by atoms with van der Waals surface area (Å²) in [5, 5.41) is 0. The summed E-state index contributed by atoms with van der Waals surface area (Å²) < 4.78 is 0. The van der Waals surface area contributed by atoms with Crippen molar-refractivity contribution in [1.29, 1.82) is 0 Å². The van der Waals surface area contributed by atoms with Gasteiger partial charge >= 0.3 is 0 Å². The Labute approximate surface area is 519 Å². The smallest absolute Gasteiger partial charge is 0.115 e. The molecule has 0 bridgehead atoms. The number of hydrogen-bond acceptors (Lipinski definition) is 6. The van der Waals surface area contributed by atoms with Gasteiger partial charge in [0.05, 0.1) is 17.1 Å².